The first-order chi connectivity index (χ1) is 7.11. The lowest BCUT2D eigenvalue weighted by Crippen LogP contribution is -2.19. The van der Waals surface area contributed by atoms with Crippen LogP contribution in [0.2, 0.25) is 0 Å². The topological polar surface area (TPSA) is 35.5 Å². The van der Waals surface area contributed by atoms with E-state index >= 15 is 0 Å². The molecule has 1 atom stereocenters. The Morgan fingerprint density at radius 2 is 1.73 bits per heavy atom. The Morgan fingerprint density at radius 1 is 1.13 bits per heavy atom. The van der Waals surface area contributed by atoms with Crippen LogP contribution < -0.4 is 0 Å². The quantitative estimate of drug-likeness (QED) is 0.577. The number of hydrogen-bond donors (Lipinski definition) is 0. The van der Waals surface area contributed by atoms with Crippen LogP contribution >= 0.6 is 0 Å². The van der Waals surface area contributed by atoms with Crippen molar-refractivity contribution in [3.8, 4) is 0 Å². The van der Waals surface area contributed by atoms with Gasteiger partial charge in [0.15, 0.2) is 0 Å². The fourth-order valence-electron chi connectivity index (χ4n) is 0.754. The van der Waals surface area contributed by atoms with Crippen LogP contribution in [0.3, 0.4) is 0 Å². The number of hydrogen-bond acceptors (Lipinski definition) is 3. The van der Waals surface area contributed by atoms with Crippen molar-refractivity contribution in [2.45, 2.75) is 12.8 Å². The maximum atomic E-state index is 12.2. The molecule has 0 bridgehead atoms. The molecule has 0 aliphatic carbocycles. The molecule has 0 spiro atoms. The van der Waals surface area contributed by atoms with Crippen LogP contribution in [-0.4, -0.2) is 18.8 Å². The molecule has 3 nitrogen and oxygen atoms in total. The van der Waals surface area contributed by atoms with E-state index in [1.807, 2.05) is 0 Å². The molecule has 0 heterocycles. The van der Waals surface area contributed by atoms with Gasteiger partial charge in [-0.25, -0.2) is 18.0 Å². The molecule has 1 rings (SSSR count). The van der Waals surface area contributed by atoms with E-state index in [-0.39, 0.29) is 5.56 Å². The number of alkyl halides is 3. The molecule has 1 aromatic rings. The molecular weight excluding hydrogens is 213 g/mol. The smallest absolute Gasteiger partial charge is 0.290 e. The number of rotatable bonds is 4. The summed E-state index contributed by atoms with van der Waals surface area (Å²) in [6.45, 7) is 0. The average molecular weight is 220 g/mol. The van der Waals surface area contributed by atoms with Gasteiger partial charge in [0.1, 0.15) is 0 Å². The van der Waals surface area contributed by atoms with E-state index in [1.165, 1.54) is 24.3 Å². The molecule has 82 valence electrons. The fourth-order valence-corrected chi connectivity index (χ4v) is 0.754. The summed E-state index contributed by atoms with van der Waals surface area (Å²) in [5, 5.41) is 0. The first-order valence-corrected chi connectivity index (χ1v) is 3.96. The second-order valence-corrected chi connectivity index (χ2v) is 2.52. The molecule has 0 N–H and O–H groups in total. The molecule has 0 saturated heterocycles. The summed E-state index contributed by atoms with van der Waals surface area (Å²) in [5.41, 5.74) is 0.0824. The van der Waals surface area contributed by atoms with Gasteiger partial charge in [0.25, 0.3) is 6.43 Å². The summed E-state index contributed by atoms with van der Waals surface area (Å²) < 4.78 is 35.3. The molecule has 0 aromatic heterocycles. The third-order valence-electron chi connectivity index (χ3n) is 1.42. The minimum atomic E-state index is -3.35. The van der Waals surface area contributed by atoms with Gasteiger partial charge in [-0.3, -0.25) is 4.89 Å². The predicted octanol–water partition coefficient (Wildman–Crippen LogP) is 2.34. The summed E-state index contributed by atoms with van der Waals surface area (Å²) in [5.74, 6) is -1.03. The zero-order valence-corrected chi connectivity index (χ0v) is 7.40. The fraction of sp³-hybridized carbons (Fsp3) is 0.222. The Labute approximate surface area is 83.3 Å². The van der Waals surface area contributed by atoms with Crippen molar-refractivity contribution in [3.63, 3.8) is 0 Å². The summed E-state index contributed by atoms with van der Waals surface area (Å²) in [7, 11) is 0. The molecule has 0 saturated carbocycles. The van der Waals surface area contributed by atoms with E-state index in [9.17, 15) is 18.0 Å². The molecule has 0 aliphatic rings. The van der Waals surface area contributed by atoms with E-state index in [1.54, 1.807) is 6.07 Å². The first-order valence-electron chi connectivity index (χ1n) is 3.96. The lowest BCUT2D eigenvalue weighted by Gasteiger charge is -2.06. The number of carbonyl (C=O) groups excluding carboxylic acids is 1. The van der Waals surface area contributed by atoms with Crippen molar-refractivity contribution in [1.29, 1.82) is 0 Å². The van der Waals surface area contributed by atoms with E-state index in [0.29, 0.717) is 0 Å². The van der Waals surface area contributed by atoms with E-state index in [4.69, 9.17) is 0 Å². The summed E-state index contributed by atoms with van der Waals surface area (Å²) >= 11 is 0. The Morgan fingerprint density at radius 3 is 2.27 bits per heavy atom. The molecule has 0 radical (unpaired) electrons. The maximum Gasteiger partial charge on any atom is 0.373 e. The van der Waals surface area contributed by atoms with Crippen LogP contribution in [0.25, 0.3) is 0 Å². The van der Waals surface area contributed by atoms with Gasteiger partial charge in [-0.2, -0.15) is 0 Å². The van der Waals surface area contributed by atoms with E-state index in [0.717, 1.165) is 0 Å². The Balaban J connectivity index is 2.44. The van der Waals surface area contributed by atoms with Crippen LogP contribution in [0, 0.1) is 0 Å². The van der Waals surface area contributed by atoms with Crippen molar-refractivity contribution in [2.75, 3.05) is 0 Å². The molecule has 1 aromatic carbocycles. The van der Waals surface area contributed by atoms with Crippen LogP contribution in [0.15, 0.2) is 30.3 Å². The molecular formula is C9H7F3O3. The third kappa shape index (κ3) is 3.59. The minimum Gasteiger partial charge on any atom is -0.290 e. The van der Waals surface area contributed by atoms with E-state index < -0.39 is 18.8 Å². The Hall–Kier alpha value is -1.56. The third-order valence-corrected chi connectivity index (χ3v) is 1.42. The average Bonchev–Trinajstić information content (AvgIpc) is 2.26. The first kappa shape index (κ1) is 11.5. The highest BCUT2D eigenvalue weighted by molar-refractivity contribution is 5.88. The minimum absolute atomic E-state index is 0.0824. The molecule has 0 aliphatic heterocycles. The number of halogens is 3. The van der Waals surface area contributed by atoms with E-state index in [2.05, 4.69) is 9.78 Å². The molecule has 0 fully saturated rings. The number of benzene rings is 1. The summed E-state index contributed by atoms with van der Waals surface area (Å²) in [6, 6.07) is 7.48. The SMILES string of the molecule is O=C(OOC(F)C(F)F)c1ccccc1. The predicted molar refractivity (Wildman–Crippen MR) is 43.8 cm³/mol. The van der Waals surface area contributed by atoms with Gasteiger partial charge in [0.2, 0.25) is 0 Å². The summed E-state index contributed by atoms with van der Waals surface area (Å²) in [4.78, 5) is 18.4. The second kappa shape index (κ2) is 5.35. The number of carbonyl (C=O) groups is 1. The monoisotopic (exact) mass is 220 g/mol. The van der Waals surface area contributed by atoms with Gasteiger partial charge in [0, 0.05) is 0 Å². The molecule has 6 heteroatoms. The van der Waals surface area contributed by atoms with Gasteiger partial charge in [-0.05, 0) is 12.1 Å². The lowest BCUT2D eigenvalue weighted by molar-refractivity contribution is -0.330. The standard InChI is InChI=1S/C9H7F3O3/c10-7(11)8(12)14-15-9(13)6-4-2-1-3-5-6/h1-5,7-8H. The van der Waals surface area contributed by atoms with Crippen LogP contribution in [0.1, 0.15) is 10.4 Å². The van der Waals surface area contributed by atoms with Crippen LogP contribution in [0.4, 0.5) is 13.2 Å². The van der Waals surface area contributed by atoms with Gasteiger partial charge >= 0.3 is 12.3 Å². The maximum absolute atomic E-state index is 12.2. The zero-order chi connectivity index (χ0) is 11.3. The molecule has 15 heavy (non-hydrogen) atoms. The zero-order valence-electron chi connectivity index (χ0n) is 7.40. The highest BCUT2D eigenvalue weighted by Gasteiger charge is 2.23. The van der Waals surface area contributed by atoms with Crippen molar-refractivity contribution >= 4 is 5.97 Å². The van der Waals surface area contributed by atoms with Crippen molar-refractivity contribution < 1.29 is 27.7 Å². The van der Waals surface area contributed by atoms with Crippen molar-refractivity contribution in [2.24, 2.45) is 0 Å². The van der Waals surface area contributed by atoms with Gasteiger partial charge < -0.3 is 0 Å². The largest absolute Gasteiger partial charge is 0.373 e. The Kier molecular flexibility index (Phi) is 4.11. The van der Waals surface area contributed by atoms with Gasteiger partial charge in [-0.15, -0.1) is 4.89 Å². The summed E-state index contributed by atoms with van der Waals surface area (Å²) in [6.07, 6.45) is -6.29. The van der Waals surface area contributed by atoms with Crippen LogP contribution in [-0.2, 0) is 9.78 Å². The molecule has 1 unspecified atom stereocenters. The van der Waals surface area contributed by atoms with Gasteiger partial charge in [-0.1, -0.05) is 18.2 Å². The van der Waals surface area contributed by atoms with Crippen molar-refractivity contribution in [3.05, 3.63) is 35.9 Å². The normalized spacial score (nSPS) is 12.5. The van der Waals surface area contributed by atoms with Gasteiger partial charge in [0.05, 0.1) is 5.56 Å². The Bertz CT molecular complexity index is 316. The second-order valence-electron chi connectivity index (χ2n) is 2.52. The lowest BCUT2D eigenvalue weighted by atomic mass is 10.2. The highest BCUT2D eigenvalue weighted by Crippen LogP contribution is 2.09. The van der Waals surface area contributed by atoms with Crippen molar-refractivity contribution in [1.82, 2.24) is 0 Å². The molecule has 0 amide bonds. The highest BCUT2D eigenvalue weighted by atomic mass is 19.3. The van der Waals surface area contributed by atoms with Crippen LogP contribution in [0.5, 0.6) is 0 Å².